The van der Waals surface area contributed by atoms with Crippen molar-refractivity contribution < 1.29 is 23.0 Å². The zero-order chi connectivity index (χ0) is 13.7. The lowest BCUT2D eigenvalue weighted by molar-refractivity contribution is -0.165. The third kappa shape index (κ3) is 1.54. The van der Waals surface area contributed by atoms with Crippen LogP contribution >= 0.6 is 0 Å². The Hall–Kier alpha value is -1.49. The Balaban J connectivity index is 2.07. The molecule has 102 valence electrons. The highest BCUT2D eigenvalue weighted by Gasteiger charge is 2.69. The second-order valence-electron chi connectivity index (χ2n) is 5.27. The SMILES string of the molecule is COC(=O)C1(C2(c3ccc(F)cc3F)COC2)CC1. The van der Waals surface area contributed by atoms with Crippen LogP contribution in [0.1, 0.15) is 18.4 Å². The topological polar surface area (TPSA) is 35.5 Å². The van der Waals surface area contributed by atoms with Crippen molar-refractivity contribution in [2.75, 3.05) is 20.3 Å². The third-order valence-corrected chi connectivity index (χ3v) is 4.39. The number of rotatable bonds is 3. The molecule has 0 aromatic heterocycles. The Labute approximate surface area is 109 Å². The normalized spacial score (nSPS) is 22.5. The van der Waals surface area contributed by atoms with Crippen LogP contribution < -0.4 is 0 Å². The average molecular weight is 268 g/mol. The van der Waals surface area contributed by atoms with E-state index in [-0.39, 0.29) is 19.2 Å². The van der Waals surface area contributed by atoms with Gasteiger partial charge in [-0.25, -0.2) is 8.78 Å². The van der Waals surface area contributed by atoms with Crippen LogP contribution in [0.5, 0.6) is 0 Å². The molecule has 0 atom stereocenters. The summed E-state index contributed by atoms with van der Waals surface area (Å²) in [6.07, 6.45) is 1.31. The van der Waals surface area contributed by atoms with Crippen molar-refractivity contribution in [1.29, 1.82) is 0 Å². The lowest BCUT2D eigenvalue weighted by Gasteiger charge is -2.47. The van der Waals surface area contributed by atoms with Crippen LogP contribution in [0.4, 0.5) is 8.78 Å². The summed E-state index contributed by atoms with van der Waals surface area (Å²) in [6, 6.07) is 3.48. The van der Waals surface area contributed by atoms with Crippen LogP contribution in [0.15, 0.2) is 18.2 Å². The van der Waals surface area contributed by atoms with Gasteiger partial charge in [0.2, 0.25) is 0 Å². The van der Waals surface area contributed by atoms with Crippen LogP contribution in [0.25, 0.3) is 0 Å². The van der Waals surface area contributed by atoms with Gasteiger partial charge in [-0.15, -0.1) is 0 Å². The molecule has 19 heavy (non-hydrogen) atoms. The molecule has 1 aromatic rings. The van der Waals surface area contributed by atoms with Crippen molar-refractivity contribution in [2.45, 2.75) is 18.3 Å². The summed E-state index contributed by atoms with van der Waals surface area (Å²) < 4.78 is 37.2. The lowest BCUT2D eigenvalue weighted by Crippen LogP contribution is -2.57. The smallest absolute Gasteiger partial charge is 0.312 e. The number of ether oxygens (including phenoxy) is 2. The second-order valence-corrected chi connectivity index (χ2v) is 5.27. The van der Waals surface area contributed by atoms with Crippen LogP contribution in [-0.4, -0.2) is 26.3 Å². The highest BCUT2D eigenvalue weighted by Crippen LogP contribution is 2.63. The van der Waals surface area contributed by atoms with E-state index in [1.807, 2.05) is 0 Å². The molecule has 0 unspecified atom stereocenters. The van der Waals surface area contributed by atoms with E-state index >= 15 is 0 Å². The van der Waals surface area contributed by atoms with Gasteiger partial charge in [0.05, 0.1) is 31.2 Å². The molecule has 1 aliphatic heterocycles. The van der Waals surface area contributed by atoms with E-state index in [0.717, 1.165) is 6.07 Å². The van der Waals surface area contributed by atoms with Crippen molar-refractivity contribution >= 4 is 5.97 Å². The summed E-state index contributed by atoms with van der Waals surface area (Å²) in [4.78, 5) is 12.0. The van der Waals surface area contributed by atoms with Gasteiger partial charge < -0.3 is 9.47 Å². The first-order valence-electron chi connectivity index (χ1n) is 6.17. The number of esters is 1. The summed E-state index contributed by atoms with van der Waals surface area (Å²) >= 11 is 0. The van der Waals surface area contributed by atoms with E-state index in [4.69, 9.17) is 9.47 Å². The van der Waals surface area contributed by atoms with Gasteiger partial charge in [0, 0.05) is 6.07 Å². The molecule has 3 nitrogen and oxygen atoms in total. The summed E-state index contributed by atoms with van der Waals surface area (Å²) in [6.45, 7) is 0.537. The van der Waals surface area contributed by atoms with E-state index in [1.165, 1.54) is 19.2 Å². The lowest BCUT2D eigenvalue weighted by atomic mass is 9.66. The largest absolute Gasteiger partial charge is 0.469 e. The Morgan fingerprint density at radius 1 is 1.32 bits per heavy atom. The highest BCUT2D eigenvalue weighted by atomic mass is 19.1. The predicted octanol–water partition coefficient (Wildman–Crippen LogP) is 2.19. The minimum atomic E-state index is -0.710. The molecule has 1 heterocycles. The molecule has 0 radical (unpaired) electrons. The van der Waals surface area contributed by atoms with Gasteiger partial charge in [-0.1, -0.05) is 6.07 Å². The summed E-state index contributed by atoms with van der Waals surface area (Å²) in [5.41, 5.74) is -1.07. The van der Waals surface area contributed by atoms with Crippen molar-refractivity contribution in [3.63, 3.8) is 0 Å². The average Bonchev–Trinajstić information content (AvgIpc) is 3.11. The van der Waals surface area contributed by atoms with Crippen LogP contribution in [0.2, 0.25) is 0 Å². The van der Waals surface area contributed by atoms with E-state index in [0.29, 0.717) is 18.4 Å². The molecule has 2 fully saturated rings. The molecule has 5 heteroatoms. The van der Waals surface area contributed by atoms with Gasteiger partial charge in [-0.2, -0.15) is 0 Å². The molecule has 1 aromatic carbocycles. The van der Waals surface area contributed by atoms with Crippen LogP contribution in [0.3, 0.4) is 0 Å². The quantitative estimate of drug-likeness (QED) is 0.788. The van der Waals surface area contributed by atoms with E-state index in [9.17, 15) is 13.6 Å². The number of carbonyl (C=O) groups is 1. The van der Waals surface area contributed by atoms with Crippen LogP contribution in [-0.2, 0) is 19.7 Å². The van der Waals surface area contributed by atoms with Crippen molar-refractivity contribution in [2.24, 2.45) is 5.41 Å². The fourth-order valence-corrected chi connectivity index (χ4v) is 3.07. The van der Waals surface area contributed by atoms with E-state index in [2.05, 4.69) is 0 Å². The molecule has 0 bridgehead atoms. The maximum atomic E-state index is 14.0. The minimum Gasteiger partial charge on any atom is -0.469 e. The Morgan fingerprint density at radius 2 is 2.00 bits per heavy atom. The Bertz CT molecular complexity index is 533. The second kappa shape index (κ2) is 4.00. The number of hydrogen-bond acceptors (Lipinski definition) is 3. The molecule has 2 aliphatic rings. The number of methoxy groups -OCH3 is 1. The molecule has 0 amide bonds. The molecule has 0 N–H and O–H groups in total. The van der Waals surface area contributed by atoms with Crippen molar-refractivity contribution in [3.8, 4) is 0 Å². The fourth-order valence-electron chi connectivity index (χ4n) is 3.07. The van der Waals surface area contributed by atoms with Crippen molar-refractivity contribution in [1.82, 2.24) is 0 Å². The standard InChI is InChI=1S/C14H14F2O3/c1-18-12(17)13(4-5-13)14(7-19-8-14)10-3-2-9(15)6-11(10)16/h2-3,6H,4-5,7-8H2,1H3. The minimum absolute atomic E-state index is 0.269. The molecular formula is C14H14F2O3. The first-order valence-corrected chi connectivity index (χ1v) is 6.17. The maximum Gasteiger partial charge on any atom is 0.312 e. The van der Waals surface area contributed by atoms with Gasteiger partial charge in [0.1, 0.15) is 11.6 Å². The summed E-state index contributed by atoms with van der Waals surface area (Å²) in [5, 5.41) is 0. The van der Waals surface area contributed by atoms with Gasteiger partial charge in [0.25, 0.3) is 0 Å². The number of benzene rings is 1. The molecule has 1 saturated heterocycles. The van der Waals surface area contributed by atoms with E-state index < -0.39 is 22.5 Å². The molecule has 3 rings (SSSR count). The van der Waals surface area contributed by atoms with Gasteiger partial charge in [0.15, 0.2) is 0 Å². The molecular weight excluding hydrogens is 254 g/mol. The Morgan fingerprint density at radius 3 is 2.42 bits per heavy atom. The number of carbonyl (C=O) groups excluding carboxylic acids is 1. The predicted molar refractivity (Wildman–Crippen MR) is 62.5 cm³/mol. The molecule has 1 aliphatic carbocycles. The fraction of sp³-hybridized carbons (Fsp3) is 0.500. The number of hydrogen-bond donors (Lipinski definition) is 0. The first-order chi connectivity index (χ1) is 9.06. The van der Waals surface area contributed by atoms with Gasteiger partial charge >= 0.3 is 5.97 Å². The Kier molecular flexibility index (Phi) is 2.64. The van der Waals surface area contributed by atoms with Gasteiger partial charge in [-0.3, -0.25) is 4.79 Å². The van der Waals surface area contributed by atoms with Gasteiger partial charge in [-0.05, 0) is 24.5 Å². The molecule has 1 saturated carbocycles. The van der Waals surface area contributed by atoms with Crippen LogP contribution in [0, 0.1) is 17.0 Å². The molecule has 0 spiro atoms. The zero-order valence-electron chi connectivity index (χ0n) is 10.5. The maximum absolute atomic E-state index is 14.0. The monoisotopic (exact) mass is 268 g/mol. The summed E-state index contributed by atoms with van der Waals surface area (Å²) in [5.74, 6) is -1.59. The summed E-state index contributed by atoms with van der Waals surface area (Å²) in [7, 11) is 1.33. The highest BCUT2D eigenvalue weighted by molar-refractivity contribution is 5.82. The third-order valence-electron chi connectivity index (χ3n) is 4.39. The van der Waals surface area contributed by atoms with Crippen molar-refractivity contribution in [3.05, 3.63) is 35.4 Å². The first kappa shape index (κ1) is 12.5. The van der Waals surface area contributed by atoms with E-state index in [1.54, 1.807) is 0 Å². The number of halogens is 2. The zero-order valence-corrected chi connectivity index (χ0v) is 10.5.